The molecular weight excluding hydrogens is 516 g/mol. The van der Waals surface area contributed by atoms with Crippen LogP contribution in [0.1, 0.15) is 0 Å². The third-order valence-electron chi connectivity index (χ3n) is 7.31. The Labute approximate surface area is 231 Å². The summed E-state index contributed by atoms with van der Waals surface area (Å²) < 4.78 is 31.5. The highest BCUT2D eigenvalue weighted by molar-refractivity contribution is 7.93. The molecule has 194 valence electrons. The first-order chi connectivity index (χ1) is 19.5. The first-order valence-corrected chi connectivity index (χ1v) is 14.4. The van der Waals surface area contributed by atoms with E-state index in [4.69, 9.17) is 0 Å². The highest BCUT2D eigenvalue weighted by Gasteiger charge is 2.34. The first kappa shape index (κ1) is 24.0. The number of fused-ring (bicyclic) bond motifs is 3. The third kappa shape index (κ3) is 3.73. The van der Waals surface area contributed by atoms with E-state index in [-0.39, 0.29) is 10.6 Å². The van der Waals surface area contributed by atoms with E-state index >= 15 is 8.42 Å². The van der Waals surface area contributed by atoms with E-state index in [9.17, 15) is 5.11 Å². The molecule has 0 radical (unpaired) electrons. The molecule has 6 aromatic carbocycles. The minimum absolute atomic E-state index is 0.0871. The van der Waals surface area contributed by atoms with Gasteiger partial charge in [0.15, 0.2) is 0 Å². The van der Waals surface area contributed by atoms with Gasteiger partial charge < -0.3 is 10.1 Å². The molecule has 5 nitrogen and oxygen atoms in total. The van der Waals surface area contributed by atoms with Crippen LogP contribution in [0.4, 0.5) is 11.4 Å². The van der Waals surface area contributed by atoms with Crippen molar-refractivity contribution in [1.82, 2.24) is 4.98 Å². The molecule has 0 atom stereocenters. The van der Waals surface area contributed by atoms with Crippen molar-refractivity contribution in [3.05, 3.63) is 133 Å². The summed E-state index contributed by atoms with van der Waals surface area (Å²) in [5.41, 5.74) is 3.32. The Kier molecular flexibility index (Phi) is 5.58. The Morgan fingerprint density at radius 1 is 0.575 bits per heavy atom. The van der Waals surface area contributed by atoms with E-state index in [0.29, 0.717) is 33.2 Å². The quantitative estimate of drug-likeness (QED) is 0.230. The van der Waals surface area contributed by atoms with E-state index in [1.165, 1.54) is 4.31 Å². The van der Waals surface area contributed by atoms with Crippen molar-refractivity contribution >= 4 is 53.8 Å². The average Bonchev–Trinajstić information content (AvgIpc) is 3.38. The van der Waals surface area contributed by atoms with Gasteiger partial charge >= 0.3 is 0 Å². The minimum atomic E-state index is -4.20. The van der Waals surface area contributed by atoms with Crippen LogP contribution in [0, 0.1) is 0 Å². The standard InChI is InChI=1S/C34H24N2O3S/c37-31-22-21-30(26-16-6-7-17-27(26)31)36(40(38,39)32-20-10-14-23-11-4-5-15-25(23)32)34-28-18-8-9-19-29(28)35-33(34)24-12-2-1-3-13-24/h1-22,35,37H. The monoisotopic (exact) mass is 540 g/mol. The second kappa shape index (κ2) is 9.29. The van der Waals surface area contributed by atoms with Crippen LogP contribution < -0.4 is 4.31 Å². The SMILES string of the molecule is O=S(=O)(c1cccc2ccccc12)N(c1c(-c2ccccc2)[nH]c2ccccc12)c1ccc(O)c2ccccc12. The van der Waals surface area contributed by atoms with Gasteiger partial charge in [-0.05, 0) is 29.7 Å². The predicted molar refractivity (Wildman–Crippen MR) is 163 cm³/mol. The number of para-hydroxylation sites is 1. The van der Waals surface area contributed by atoms with Crippen molar-refractivity contribution < 1.29 is 13.5 Å². The van der Waals surface area contributed by atoms with Crippen LogP contribution in [0.2, 0.25) is 0 Å². The van der Waals surface area contributed by atoms with Gasteiger partial charge in [-0.15, -0.1) is 0 Å². The smallest absolute Gasteiger partial charge is 0.269 e. The van der Waals surface area contributed by atoms with Gasteiger partial charge in [-0.1, -0.05) is 109 Å². The Morgan fingerprint density at radius 2 is 1.20 bits per heavy atom. The van der Waals surface area contributed by atoms with E-state index in [1.807, 2.05) is 103 Å². The summed E-state index contributed by atoms with van der Waals surface area (Å²) in [6, 6.07) is 40.8. The first-order valence-electron chi connectivity index (χ1n) is 12.9. The van der Waals surface area contributed by atoms with Gasteiger partial charge in [0.1, 0.15) is 5.75 Å². The van der Waals surface area contributed by atoms with Crippen LogP contribution in [0.15, 0.2) is 138 Å². The molecule has 7 rings (SSSR count). The van der Waals surface area contributed by atoms with Crippen LogP contribution in [0.3, 0.4) is 0 Å². The van der Waals surface area contributed by atoms with Crippen LogP contribution >= 0.6 is 0 Å². The summed E-state index contributed by atoms with van der Waals surface area (Å²) in [5, 5.41) is 14.1. The van der Waals surface area contributed by atoms with Crippen molar-refractivity contribution in [2.75, 3.05) is 4.31 Å². The maximum absolute atomic E-state index is 15.1. The number of hydrogen-bond donors (Lipinski definition) is 2. The Morgan fingerprint density at radius 3 is 2.00 bits per heavy atom. The van der Waals surface area contributed by atoms with Gasteiger partial charge in [-0.25, -0.2) is 12.7 Å². The molecule has 0 aliphatic rings. The number of nitrogens with zero attached hydrogens (tertiary/aromatic N) is 1. The number of hydrogen-bond acceptors (Lipinski definition) is 3. The molecule has 0 saturated heterocycles. The van der Waals surface area contributed by atoms with Crippen molar-refractivity contribution in [2.24, 2.45) is 0 Å². The van der Waals surface area contributed by atoms with Crippen LogP contribution in [0.5, 0.6) is 5.75 Å². The average molecular weight is 541 g/mol. The molecule has 0 aliphatic heterocycles. The van der Waals surface area contributed by atoms with Crippen LogP contribution in [-0.4, -0.2) is 18.5 Å². The van der Waals surface area contributed by atoms with Crippen molar-refractivity contribution in [3.63, 3.8) is 0 Å². The number of sulfonamides is 1. The molecule has 0 fully saturated rings. The number of aromatic amines is 1. The summed E-state index contributed by atoms with van der Waals surface area (Å²) in [4.78, 5) is 3.70. The van der Waals surface area contributed by atoms with Gasteiger partial charge in [-0.2, -0.15) is 0 Å². The predicted octanol–water partition coefficient (Wildman–Crippen LogP) is 8.37. The second-order valence-corrected chi connectivity index (χ2v) is 11.4. The number of H-pyrrole nitrogens is 1. The highest BCUT2D eigenvalue weighted by Crippen LogP contribution is 2.47. The number of phenols is 1. The topological polar surface area (TPSA) is 73.4 Å². The van der Waals surface area contributed by atoms with Gasteiger partial charge in [0, 0.05) is 32.6 Å². The maximum atomic E-state index is 15.1. The van der Waals surface area contributed by atoms with E-state index < -0.39 is 10.0 Å². The molecule has 1 aromatic heterocycles. The lowest BCUT2D eigenvalue weighted by atomic mass is 10.1. The van der Waals surface area contributed by atoms with E-state index in [1.54, 1.807) is 30.3 Å². The Balaban J connectivity index is 1.64. The molecule has 0 bridgehead atoms. The number of anilines is 2. The fourth-order valence-electron chi connectivity index (χ4n) is 5.49. The number of aromatic hydroxyl groups is 1. The molecule has 2 N–H and O–H groups in total. The normalized spacial score (nSPS) is 11.8. The van der Waals surface area contributed by atoms with Gasteiger partial charge in [0.25, 0.3) is 10.0 Å². The largest absolute Gasteiger partial charge is 0.507 e. The van der Waals surface area contributed by atoms with Gasteiger partial charge in [-0.3, -0.25) is 0 Å². The second-order valence-electron chi connectivity index (χ2n) is 9.66. The summed E-state index contributed by atoms with van der Waals surface area (Å²) in [6.45, 7) is 0. The van der Waals surface area contributed by atoms with Crippen molar-refractivity contribution in [1.29, 1.82) is 0 Å². The summed E-state index contributed by atoms with van der Waals surface area (Å²) in [6.07, 6.45) is 0. The molecule has 7 aromatic rings. The third-order valence-corrected chi connectivity index (χ3v) is 9.08. The summed E-state index contributed by atoms with van der Waals surface area (Å²) in [7, 11) is -4.20. The zero-order chi connectivity index (χ0) is 27.3. The Bertz CT molecular complexity index is 2150. The molecule has 6 heteroatoms. The molecule has 0 aliphatic carbocycles. The summed E-state index contributed by atoms with van der Waals surface area (Å²) in [5.74, 6) is 0.0871. The molecule has 40 heavy (non-hydrogen) atoms. The maximum Gasteiger partial charge on any atom is 0.269 e. The fourth-order valence-corrected chi connectivity index (χ4v) is 7.24. The lowest BCUT2D eigenvalue weighted by Gasteiger charge is -2.27. The lowest BCUT2D eigenvalue weighted by Crippen LogP contribution is -2.27. The molecule has 0 spiro atoms. The zero-order valence-electron chi connectivity index (χ0n) is 21.3. The van der Waals surface area contributed by atoms with Crippen LogP contribution in [-0.2, 0) is 10.0 Å². The van der Waals surface area contributed by atoms with Gasteiger partial charge in [0.05, 0.1) is 22.0 Å². The number of phenolic OH excluding ortho intramolecular Hbond substituents is 1. The van der Waals surface area contributed by atoms with Gasteiger partial charge in [0.2, 0.25) is 0 Å². The number of nitrogens with one attached hydrogen (secondary N) is 1. The number of aromatic nitrogens is 1. The Hall–Kier alpha value is -5.07. The number of rotatable bonds is 5. The molecule has 0 saturated carbocycles. The molecular formula is C34H24N2O3S. The van der Waals surface area contributed by atoms with E-state index in [0.717, 1.165) is 21.9 Å². The fraction of sp³-hybridized carbons (Fsp3) is 0. The van der Waals surface area contributed by atoms with Crippen molar-refractivity contribution in [3.8, 4) is 17.0 Å². The minimum Gasteiger partial charge on any atom is -0.507 e. The number of benzene rings is 6. The van der Waals surface area contributed by atoms with Crippen molar-refractivity contribution in [2.45, 2.75) is 4.90 Å². The van der Waals surface area contributed by atoms with Crippen LogP contribution in [0.25, 0.3) is 43.7 Å². The lowest BCUT2D eigenvalue weighted by molar-refractivity contribution is 0.481. The van der Waals surface area contributed by atoms with E-state index in [2.05, 4.69) is 4.98 Å². The molecule has 0 unspecified atom stereocenters. The highest BCUT2D eigenvalue weighted by atomic mass is 32.2. The molecule has 1 heterocycles. The summed E-state index contributed by atoms with van der Waals surface area (Å²) >= 11 is 0. The zero-order valence-corrected chi connectivity index (χ0v) is 22.1. The molecule has 0 amide bonds.